The van der Waals surface area contributed by atoms with Crippen LogP contribution in [0.15, 0.2) is 65.8 Å². The number of ether oxygens (including phenoxy) is 3. The summed E-state index contributed by atoms with van der Waals surface area (Å²) in [7, 11) is -1.77. The Balaban J connectivity index is 1.40. The van der Waals surface area contributed by atoms with Crippen LogP contribution in [0.25, 0.3) is 0 Å². The smallest absolute Gasteiger partial charge is 0.269 e. The molecule has 1 fully saturated rings. The van der Waals surface area contributed by atoms with Crippen LogP contribution in [0.3, 0.4) is 0 Å². The Morgan fingerprint density at radius 1 is 1.00 bits per heavy atom. The van der Waals surface area contributed by atoms with Crippen molar-refractivity contribution in [2.75, 3.05) is 38.2 Å². The number of nitrogens with one attached hydrogen (secondary N) is 1. The molecule has 9 nitrogen and oxygen atoms in total. The molecule has 1 aromatic heterocycles. The quantitative estimate of drug-likeness (QED) is 0.242. The van der Waals surface area contributed by atoms with Gasteiger partial charge in [0.05, 0.1) is 27.4 Å². The van der Waals surface area contributed by atoms with E-state index in [-0.39, 0.29) is 35.9 Å². The summed E-state index contributed by atoms with van der Waals surface area (Å²) in [5.41, 5.74) is 1.33. The highest BCUT2D eigenvalue weighted by Crippen LogP contribution is 2.35. The first-order valence-corrected chi connectivity index (χ1v) is 15.5. The van der Waals surface area contributed by atoms with Crippen molar-refractivity contribution in [3.63, 3.8) is 0 Å². The number of methoxy groups -OCH3 is 2. The van der Waals surface area contributed by atoms with Gasteiger partial charge in [0.2, 0.25) is 5.13 Å². The molecule has 1 aliphatic heterocycles. The van der Waals surface area contributed by atoms with Crippen LogP contribution < -0.4 is 23.8 Å². The fourth-order valence-corrected chi connectivity index (χ4v) is 7.21. The molecule has 0 saturated carbocycles. The van der Waals surface area contributed by atoms with Gasteiger partial charge in [0.25, 0.3) is 10.0 Å². The predicted octanol–water partition coefficient (Wildman–Crippen LogP) is 5.14. The molecule has 1 N–H and O–H groups in total. The summed E-state index contributed by atoms with van der Waals surface area (Å²) < 4.78 is 92.9. The van der Waals surface area contributed by atoms with Gasteiger partial charge in [-0.25, -0.2) is 30.9 Å². The fourth-order valence-electron chi connectivity index (χ4n) is 5.02. The minimum Gasteiger partial charge on any atom is -0.497 e. The van der Waals surface area contributed by atoms with E-state index in [4.69, 9.17) is 14.2 Å². The van der Waals surface area contributed by atoms with E-state index in [2.05, 4.69) is 14.7 Å². The molecular weight excluding hydrogens is 605 g/mol. The van der Waals surface area contributed by atoms with Crippen molar-refractivity contribution in [2.45, 2.75) is 23.8 Å². The number of benzene rings is 3. The number of sulfonamides is 1. The molecule has 0 spiro atoms. The lowest BCUT2D eigenvalue weighted by Crippen LogP contribution is -2.37. The van der Waals surface area contributed by atoms with Crippen LogP contribution in [0.4, 0.5) is 18.3 Å². The third-order valence-corrected chi connectivity index (χ3v) is 9.86. The van der Waals surface area contributed by atoms with Crippen LogP contribution in [0, 0.1) is 23.4 Å². The number of hydrogen-bond donors (Lipinski definition) is 1. The molecule has 0 amide bonds. The van der Waals surface area contributed by atoms with Gasteiger partial charge < -0.3 is 19.5 Å². The molecule has 0 unspecified atom stereocenters. The summed E-state index contributed by atoms with van der Waals surface area (Å²) >= 11 is 0.782. The Hall–Kier alpha value is -3.88. The maximum absolute atomic E-state index is 15.5. The Morgan fingerprint density at radius 2 is 1.79 bits per heavy atom. The van der Waals surface area contributed by atoms with Crippen molar-refractivity contribution in [3.05, 3.63) is 89.5 Å². The van der Waals surface area contributed by atoms with Gasteiger partial charge in [-0.1, -0.05) is 12.1 Å². The lowest BCUT2D eigenvalue weighted by Gasteiger charge is -2.32. The van der Waals surface area contributed by atoms with Crippen LogP contribution in [0.5, 0.6) is 17.2 Å². The normalized spacial score (nSPS) is 17.0. The summed E-state index contributed by atoms with van der Waals surface area (Å²) in [6.07, 6.45) is 1.87. The van der Waals surface area contributed by atoms with E-state index in [0.717, 1.165) is 27.5 Å². The lowest BCUT2D eigenvalue weighted by molar-refractivity contribution is 0.187. The molecule has 0 aliphatic carbocycles. The van der Waals surface area contributed by atoms with Gasteiger partial charge in [-0.05, 0) is 42.8 Å². The molecule has 1 saturated heterocycles. The SMILES string of the molecule is COc1ccc(CN(c2ncns2)S(=O)(=O)c2cc(F)c(OC[C@H]3CCNC[C@@H]3c3ccc(F)cc3)cc2F)c(OC)c1. The summed E-state index contributed by atoms with van der Waals surface area (Å²) in [6, 6.07) is 12.3. The van der Waals surface area contributed by atoms with E-state index < -0.39 is 32.3 Å². The average molecular weight is 635 g/mol. The molecule has 0 radical (unpaired) electrons. The summed E-state index contributed by atoms with van der Waals surface area (Å²) in [5, 5.41) is 3.25. The molecule has 2 atom stereocenters. The second kappa shape index (κ2) is 13.2. The van der Waals surface area contributed by atoms with Gasteiger partial charge in [0, 0.05) is 53.7 Å². The first-order chi connectivity index (χ1) is 20.7. The average Bonchev–Trinajstić information content (AvgIpc) is 3.55. The second-order valence-corrected chi connectivity index (χ2v) is 12.4. The number of piperidine rings is 1. The highest BCUT2D eigenvalue weighted by atomic mass is 32.2. The molecule has 2 heterocycles. The molecule has 43 heavy (non-hydrogen) atoms. The molecule has 228 valence electrons. The molecule has 5 rings (SSSR count). The van der Waals surface area contributed by atoms with Crippen LogP contribution >= 0.6 is 11.5 Å². The van der Waals surface area contributed by atoms with Crippen molar-refractivity contribution in [2.24, 2.45) is 5.92 Å². The van der Waals surface area contributed by atoms with Crippen molar-refractivity contribution in [1.29, 1.82) is 0 Å². The molecule has 14 heteroatoms. The number of nitrogens with zero attached hydrogens (tertiary/aromatic N) is 3. The van der Waals surface area contributed by atoms with Gasteiger partial charge in [0.15, 0.2) is 11.6 Å². The van der Waals surface area contributed by atoms with E-state index in [9.17, 15) is 12.8 Å². The van der Waals surface area contributed by atoms with E-state index >= 15 is 8.78 Å². The molecule has 0 bridgehead atoms. The largest absolute Gasteiger partial charge is 0.497 e. The highest BCUT2D eigenvalue weighted by molar-refractivity contribution is 7.93. The maximum atomic E-state index is 15.5. The number of halogens is 3. The Morgan fingerprint density at radius 3 is 2.49 bits per heavy atom. The van der Waals surface area contributed by atoms with Gasteiger partial charge >= 0.3 is 0 Å². The number of rotatable bonds is 11. The predicted molar refractivity (Wildman–Crippen MR) is 155 cm³/mol. The van der Waals surface area contributed by atoms with Gasteiger partial charge in [-0.2, -0.15) is 4.37 Å². The Labute approximate surface area is 251 Å². The molecule has 3 aromatic carbocycles. The summed E-state index contributed by atoms with van der Waals surface area (Å²) in [5.74, 6) is -2.26. The third-order valence-electron chi connectivity index (χ3n) is 7.30. The van der Waals surface area contributed by atoms with E-state index in [1.54, 1.807) is 30.3 Å². The second-order valence-electron chi connectivity index (χ2n) is 9.85. The third kappa shape index (κ3) is 6.71. The zero-order valence-electron chi connectivity index (χ0n) is 23.3. The van der Waals surface area contributed by atoms with Crippen LogP contribution in [-0.4, -0.2) is 51.7 Å². The topological polar surface area (TPSA) is 103 Å². The molecular formula is C29H29F3N4O5S2. The zero-order valence-corrected chi connectivity index (χ0v) is 24.9. The fraction of sp³-hybridized carbons (Fsp3) is 0.310. The van der Waals surface area contributed by atoms with Crippen LogP contribution in [0.2, 0.25) is 0 Å². The van der Waals surface area contributed by atoms with Crippen molar-refractivity contribution in [1.82, 2.24) is 14.7 Å². The van der Waals surface area contributed by atoms with Crippen molar-refractivity contribution < 1.29 is 35.8 Å². The van der Waals surface area contributed by atoms with E-state index in [1.807, 2.05) is 0 Å². The summed E-state index contributed by atoms with van der Waals surface area (Å²) in [6.45, 7) is 1.08. The van der Waals surface area contributed by atoms with Crippen molar-refractivity contribution in [3.8, 4) is 17.2 Å². The number of hydrogen-bond acceptors (Lipinski definition) is 9. The number of anilines is 1. The highest BCUT2D eigenvalue weighted by Gasteiger charge is 2.33. The number of aromatic nitrogens is 2. The zero-order chi connectivity index (χ0) is 30.6. The van der Waals surface area contributed by atoms with E-state index in [0.29, 0.717) is 42.6 Å². The van der Waals surface area contributed by atoms with Crippen LogP contribution in [0.1, 0.15) is 23.5 Å². The van der Waals surface area contributed by atoms with Crippen LogP contribution in [-0.2, 0) is 16.6 Å². The minimum absolute atomic E-state index is 0.0303. The molecule has 4 aromatic rings. The first-order valence-electron chi connectivity index (χ1n) is 13.3. The van der Waals surface area contributed by atoms with E-state index in [1.165, 1.54) is 32.7 Å². The van der Waals surface area contributed by atoms with Gasteiger partial charge in [-0.3, -0.25) is 0 Å². The standard InChI is InChI=1S/C29H29F3N4O5S2/c1-39-22-8-5-19(26(11-22)40-2)15-36(29-34-17-35-42-29)43(37,38)28-13-24(31)27(12-25(28)32)41-16-20-9-10-33-14-23(20)18-3-6-21(30)7-4-18/h3-8,11-13,17,20,23,33H,9-10,14-16H2,1-2H3/t20-,23-/m1/s1. The maximum Gasteiger partial charge on any atom is 0.269 e. The van der Waals surface area contributed by atoms with Gasteiger partial charge in [-0.15, -0.1) is 0 Å². The summed E-state index contributed by atoms with van der Waals surface area (Å²) in [4.78, 5) is 3.12. The lowest BCUT2D eigenvalue weighted by atomic mass is 9.82. The Kier molecular flexibility index (Phi) is 9.37. The Bertz CT molecular complexity index is 1660. The minimum atomic E-state index is -4.67. The first kappa shape index (κ1) is 30.6. The monoisotopic (exact) mass is 634 g/mol. The van der Waals surface area contributed by atoms with Gasteiger partial charge in [0.1, 0.15) is 34.4 Å². The molecule has 1 aliphatic rings. The van der Waals surface area contributed by atoms with Crippen molar-refractivity contribution >= 4 is 26.7 Å².